The van der Waals surface area contributed by atoms with Crippen LogP contribution in [0.15, 0.2) is 24.3 Å². The van der Waals surface area contributed by atoms with Gasteiger partial charge in [-0.2, -0.15) is 0 Å². The summed E-state index contributed by atoms with van der Waals surface area (Å²) in [5, 5.41) is 18.6. The first-order chi connectivity index (χ1) is 7.00. The van der Waals surface area contributed by atoms with Gasteiger partial charge in [-0.3, -0.25) is 0 Å². The van der Waals surface area contributed by atoms with Gasteiger partial charge in [-0.25, -0.2) is 0 Å². The Morgan fingerprint density at radius 2 is 1.67 bits per heavy atom. The summed E-state index contributed by atoms with van der Waals surface area (Å²) < 4.78 is 0. The molecule has 1 aromatic carbocycles. The summed E-state index contributed by atoms with van der Waals surface area (Å²) in [5.41, 5.74) is 1.95. The fourth-order valence-electron chi connectivity index (χ4n) is 1.51. The van der Waals surface area contributed by atoms with Gasteiger partial charge in [-0.15, -0.1) is 0 Å². The molecule has 0 heterocycles. The third-order valence-corrected chi connectivity index (χ3v) is 2.35. The highest BCUT2D eigenvalue weighted by Gasteiger charge is 2.05. The summed E-state index contributed by atoms with van der Waals surface area (Å²) in [5.74, 6) is 0. The number of aliphatic hydroxyl groups is 2. The van der Waals surface area contributed by atoms with E-state index in [4.69, 9.17) is 0 Å². The van der Waals surface area contributed by atoms with Gasteiger partial charge < -0.3 is 15.1 Å². The maximum Gasteiger partial charge on any atom is 0.0761 e. The van der Waals surface area contributed by atoms with Crippen LogP contribution >= 0.6 is 0 Å². The number of nitrogens with zero attached hydrogens (tertiary/aromatic N) is 1. The van der Waals surface area contributed by atoms with Crippen LogP contribution in [-0.2, 0) is 0 Å². The van der Waals surface area contributed by atoms with Crippen LogP contribution in [0.4, 0.5) is 5.69 Å². The van der Waals surface area contributed by atoms with E-state index in [2.05, 4.69) is 0 Å². The Kier molecular flexibility index (Phi) is 4.12. The molecule has 1 rings (SSSR count). The molecule has 0 aromatic heterocycles. The number of benzene rings is 1. The number of hydrogen-bond donors (Lipinski definition) is 2. The van der Waals surface area contributed by atoms with Gasteiger partial charge in [-0.05, 0) is 31.5 Å². The van der Waals surface area contributed by atoms with Gasteiger partial charge in [0.15, 0.2) is 0 Å². The average molecular weight is 209 g/mol. The number of hydrogen-bond acceptors (Lipinski definition) is 3. The molecule has 2 unspecified atom stereocenters. The molecule has 0 spiro atoms. The van der Waals surface area contributed by atoms with E-state index >= 15 is 0 Å². The van der Waals surface area contributed by atoms with Crippen LogP contribution in [0.2, 0.25) is 0 Å². The van der Waals surface area contributed by atoms with Crippen molar-refractivity contribution < 1.29 is 10.2 Å². The Balaban J connectivity index is 2.71. The Bertz CT molecular complexity index is 293. The quantitative estimate of drug-likeness (QED) is 0.791. The summed E-state index contributed by atoms with van der Waals surface area (Å²) in [6, 6.07) is 7.70. The lowest BCUT2D eigenvalue weighted by Gasteiger charge is -2.21. The fourth-order valence-corrected chi connectivity index (χ4v) is 1.51. The average Bonchev–Trinajstić information content (AvgIpc) is 2.17. The topological polar surface area (TPSA) is 43.7 Å². The van der Waals surface area contributed by atoms with E-state index in [-0.39, 0.29) is 6.10 Å². The van der Waals surface area contributed by atoms with Gasteiger partial charge in [0, 0.05) is 19.3 Å². The molecule has 3 heteroatoms. The maximum atomic E-state index is 9.35. The van der Waals surface area contributed by atoms with E-state index < -0.39 is 6.10 Å². The van der Waals surface area contributed by atoms with Gasteiger partial charge in [-0.1, -0.05) is 12.1 Å². The third kappa shape index (κ3) is 3.53. The molecular weight excluding hydrogens is 190 g/mol. The van der Waals surface area contributed by atoms with Crippen LogP contribution in [0.1, 0.15) is 25.5 Å². The van der Waals surface area contributed by atoms with Crippen molar-refractivity contribution >= 4 is 5.69 Å². The zero-order valence-electron chi connectivity index (χ0n) is 9.51. The van der Waals surface area contributed by atoms with Crippen molar-refractivity contribution in [2.75, 3.05) is 18.5 Å². The second-order valence-corrected chi connectivity index (χ2v) is 4.00. The van der Waals surface area contributed by atoms with E-state index in [9.17, 15) is 10.2 Å². The lowest BCUT2D eigenvalue weighted by Crippen LogP contribution is -2.26. The highest BCUT2D eigenvalue weighted by Crippen LogP contribution is 2.18. The first-order valence-electron chi connectivity index (χ1n) is 5.18. The number of aliphatic hydroxyl groups excluding tert-OH is 2. The lowest BCUT2D eigenvalue weighted by molar-refractivity contribution is 0.199. The van der Waals surface area contributed by atoms with Gasteiger partial charge >= 0.3 is 0 Å². The summed E-state index contributed by atoms with van der Waals surface area (Å²) in [4.78, 5) is 1.98. The minimum absolute atomic E-state index is 0.341. The molecule has 84 valence electrons. The van der Waals surface area contributed by atoms with Crippen LogP contribution in [0, 0.1) is 0 Å². The van der Waals surface area contributed by atoms with E-state index in [0.717, 1.165) is 11.3 Å². The van der Waals surface area contributed by atoms with Crippen molar-refractivity contribution in [1.29, 1.82) is 0 Å². The number of likely N-dealkylation sites (N-methyl/N-ethyl adjacent to an activating group) is 1. The molecule has 0 radical (unpaired) electrons. The molecule has 1 aromatic rings. The summed E-state index contributed by atoms with van der Waals surface area (Å²) in [6.45, 7) is 4.11. The van der Waals surface area contributed by atoms with Crippen LogP contribution in [0.5, 0.6) is 0 Å². The van der Waals surface area contributed by atoms with E-state index in [1.54, 1.807) is 13.8 Å². The van der Waals surface area contributed by atoms with Crippen molar-refractivity contribution in [3.05, 3.63) is 29.8 Å². The smallest absolute Gasteiger partial charge is 0.0761 e. The molecule has 0 amide bonds. The molecule has 0 bridgehead atoms. The minimum Gasteiger partial charge on any atom is -0.392 e. The molecule has 0 aliphatic heterocycles. The Morgan fingerprint density at radius 3 is 2.07 bits per heavy atom. The first-order valence-corrected chi connectivity index (χ1v) is 5.18. The predicted octanol–water partition coefficient (Wildman–Crippen LogP) is 1.56. The second-order valence-electron chi connectivity index (χ2n) is 4.00. The van der Waals surface area contributed by atoms with Crippen LogP contribution in [0.3, 0.4) is 0 Å². The van der Waals surface area contributed by atoms with Crippen LogP contribution in [-0.4, -0.2) is 29.9 Å². The molecule has 2 atom stereocenters. The minimum atomic E-state index is -0.430. The van der Waals surface area contributed by atoms with Crippen molar-refractivity contribution in [2.24, 2.45) is 0 Å². The maximum absolute atomic E-state index is 9.35. The number of anilines is 1. The molecule has 0 aliphatic rings. The van der Waals surface area contributed by atoms with Gasteiger partial charge in [0.1, 0.15) is 0 Å². The first kappa shape index (κ1) is 12.0. The molecule has 15 heavy (non-hydrogen) atoms. The monoisotopic (exact) mass is 209 g/mol. The summed E-state index contributed by atoms with van der Waals surface area (Å²) in [7, 11) is 1.93. The zero-order chi connectivity index (χ0) is 11.4. The molecule has 0 saturated carbocycles. The molecule has 2 N–H and O–H groups in total. The second kappa shape index (κ2) is 5.14. The Morgan fingerprint density at radius 1 is 1.13 bits per heavy atom. The van der Waals surface area contributed by atoms with Gasteiger partial charge in [0.05, 0.1) is 12.2 Å². The molecule has 0 aliphatic carbocycles. The van der Waals surface area contributed by atoms with E-state index in [1.807, 2.05) is 36.2 Å². The van der Waals surface area contributed by atoms with Crippen LogP contribution in [0.25, 0.3) is 0 Å². The third-order valence-electron chi connectivity index (χ3n) is 2.35. The molecule has 0 fully saturated rings. The summed E-state index contributed by atoms with van der Waals surface area (Å²) in [6.07, 6.45) is -0.771. The van der Waals surface area contributed by atoms with Crippen molar-refractivity contribution in [3.63, 3.8) is 0 Å². The summed E-state index contributed by atoms with van der Waals surface area (Å²) >= 11 is 0. The van der Waals surface area contributed by atoms with Crippen molar-refractivity contribution in [2.45, 2.75) is 26.1 Å². The Labute approximate surface area is 91.0 Å². The normalized spacial score (nSPS) is 14.7. The predicted molar refractivity (Wildman–Crippen MR) is 62.0 cm³/mol. The van der Waals surface area contributed by atoms with E-state index in [1.165, 1.54) is 0 Å². The molecular formula is C12H19NO2. The van der Waals surface area contributed by atoms with Crippen molar-refractivity contribution in [3.8, 4) is 0 Å². The fraction of sp³-hybridized carbons (Fsp3) is 0.500. The van der Waals surface area contributed by atoms with Gasteiger partial charge in [0.2, 0.25) is 0 Å². The Hall–Kier alpha value is -1.06. The van der Waals surface area contributed by atoms with E-state index in [0.29, 0.717) is 6.54 Å². The standard InChI is InChI=1S/C12H19NO2/c1-9(14)8-13(3)12-6-4-11(5-7-12)10(2)15/h4-7,9-10,14-15H,8H2,1-3H3. The highest BCUT2D eigenvalue weighted by molar-refractivity contribution is 5.47. The zero-order valence-corrected chi connectivity index (χ0v) is 9.51. The van der Waals surface area contributed by atoms with Crippen molar-refractivity contribution in [1.82, 2.24) is 0 Å². The highest BCUT2D eigenvalue weighted by atomic mass is 16.3. The SMILES string of the molecule is CC(O)CN(C)c1ccc(C(C)O)cc1. The molecule has 0 saturated heterocycles. The molecule has 3 nitrogen and oxygen atoms in total. The number of rotatable bonds is 4. The lowest BCUT2D eigenvalue weighted by atomic mass is 10.1. The van der Waals surface area contributed by atoms with Crippen LogP contribution < -0.4 is 4.90 Å². The van der Waals surface area contributed by atoms with Gasteiger partial charge in [0.25, 0.3) is 0 Å². The largest absolute Gasteiger partial charge is 0.392 e.